The molecule has 18 heavy (non-hydrogen) atoms. The van der Waals surface area contributed by atoms with Crippen molar-refractivity contribution in [3.63, 3.8) is 0 Å². The van der Waals surface area contributed by atoms with Crippen LogP contribution in [0.1, 0.15) is 30.7 Å². The van der Waals surface area contributed by atoms with Gasteiger partial charge < -0.3 is 4.74 Å². The minimum absolute atomic E-state index is 0.139. The number of Topliss-reactive ketones (excluding diaryl/α,β-unsaturated/α-hetero) is 1. The van der Waals surface area contributed by atoms with Gasteiger partial charge in [0.1, 0.15) is 11.5 Å². The summed E-state index contributed by atoms with van der Waals surface area (Å²) < 4.78 is 40.4. The Balaban J connectivity index is 2.22. The fourth-order valence-electron chi connectivity index (χ4n) is 2.13. The summed E-state index contributed by atoms with van der Waals surface area (Å²) in [6, 6.07) is 3.99. The molecule has 1 aromatic rings. The van der Waals surface area contributed by atoms with Crippen molar-refractivity contribution < 1.29 is 22.7 Å². The van der Waals surface area contributed by atoms with Crippen LogP contribution in [0.2, 0.25) is 0 Å². The second-order valence-corrected chi connectivity index (χ2v) is 5.00. The van der Waals surface area contributed by atoms with Crippen molar-refractivity contribution in [1.82, 2.24) is 0 Å². The van der Waals surface area contributed by atoms with Gasteiger partial charge in [0.25, 0.3) is 0 Å². The third kappa shape index (κ3) is 3.04. The van der Waals surface area contributed by atoms with E-state index < -0.39 is 6.36 Å². The van der Waals surface area contributed by atoms with Crippen molar-refractivity contribution in [2.24, 2.45) is 0 Å². The molecule has 98 valence electrons. The summed E-state index contributed by atoms with van der Waals surface area (Å²) in [6.07, 6.45) is -2.59. The van der Waals surface area contributed by atoms with Gasteiger partial charge in [0, 0.05) is 16.8 Å². The van der Waals surface area contributed by atoms with Crippen LogP contribution in [0.15, 0.2) is 22.7 Å². The van der Waals surface area contributed by atoms with Gasteiger partial charge in [-0.05, 0) is 30.5 Å². The largest absolute Gasteiger partial charge is 0.573 e. The molecule has 0 bridgehead atoms. The Hall–Kier alpha value is -1.04. The van der Waals surface area contributed by atoms with Gasteiger partial charge in [-0.25, -0.2) is 0 Å². The lowest BCUT2D eigenvalue weighted by atomic mass is 9.97. The SMILES string of the molecule is O=C1CCCC1c1ccc(OC(F)(F)F)cc1Br. The minimum atomic E-state index is -4.70. The molecule has 0 spiro atoms. The van der Waals surface area contributed by atoms with Crippen LogP contribution < -0.4 is 4.74 Å². The monoisotopic (exact) mass is 322 g/mol. The van der Waals surface area contributed by atoms with Crippen LogP contribution in [0, 0.1) is 0 Å². The molecular formula is C12H10BrF3O2. The predicted molar refractivity (Wildman–Crippen MR) is 62.4 cm³/mol. The smallest absolute Gasteiger partial charge is 0.406 e. The number of ketones is 1. The van der Waals surface area contributed by atoms with Crippen LogP contribution in [-0.2, 0) is 4.79 Å². The fraction of sp³-hybridized carbons (Fsp3) is 0.417. The molecule has 1 aliphatic rings. The molecule has 1 unspecified atom stereocenters. The summed E-state index contributed by atoms with van der Waals surface area (Å²) in [5.74, 6) is -0.358. The summed E-state index contributed by atoms with van der Waals surface area (Å²) in [6.45, 7) is 0. The van der Waals surface area contributed by atoms with Gasteiger partial charge in [-0.15, -0.1) is 13.2 Å². The van der Waals surface area contributed by atoms with E-state index >= 15 is 0 Å². The lowest BCUT2D eigenvalue weighted by molar-refractivity contribution is -0.274. The highest BCUT2D eigenvalue weighted by Crippen LogP contribution is 2.37. The Labute approximate surface area is 110 Å². The lowest BCUT2D eigenvalue weighted by Gasteiger charge is -2.13. The highest BCUT2D eigenvalue weighted by atomic mass is 79.9. The maximum Gasteiger partial charge on any atom is 0.573 e. The van der Waals surface area contributed by atoms with Crippen molar-refractivity contribution in [3.8, 4) is 5.75 Å². The van der Waals surface area contributed by atoms with E-state index in [0.717, 1.165) is 18.4 Å². The molecule has 6 heteroatoms. The first-order chi connectivity index (χ1) is 8.37. The first kappa shape index (κ1) is 13.4. The zero-order chi connectivity index (χ0) is 13.3. The number of carbonyl (C=O) groups is 1. The van der Waals surface area contributed by atoms with Crippen LogP contribution >= 0.6 is 15.9 Å². The minimum Gasteiger partial charge on any atom is -0.406 e. The molecule has 1 aromatic carbocycles. The molecule has 1 aliphatic carbocycles. The molecule has 1 saturated carbocycles. The van der Waals surface area contributed by atoms with Gasteiger partial charge >= 0.3 is 6.36 Å². The molecule has 2 rings (SSSR count). The summed E-state index contributed by atoms with van der Waals surface area (Å²) in [7, 11) is 0. The number of rotatable bonds is 2. The second kappa shape index (κ2) is 4.91. The third-order valence-electron chi connectivity index (χ3n) is 2.89. The van der Waals surface area contributed by atoms with Gasteiger partial charge in [-0.3, -0.25) is 4.79 Å². The third-order valence-corrected chi connectivity index (χ3v) is 3.57. The molecule has 0 aromatic heterocycles. The molecule has 0 radical (unpaired) electrons. The average molecular weight is 323 g/mol. The van der Waals surface area contributed by atoms with E-state index in [1.165, 1.54) is 18.2 Å². The zero-order valence-corrected chi connectivity index (χ0v) is 10.8. The molecule has 0 N–H and O–H groups in total. The number of carbonyl (C=O) groups excluding carboxylic acids is 1. The maximum atomic E-state index is 12.0. The predicted octanol–water partition coefficient (Wildman–Crippen LogP) is 4.18. The van der Waals surface area contributed by atoms with Crippen LogP contribution in [0.25, 0.3) is 0 Å². The number of alkyl halides is 3. The van der Waals surface area contributed by atoms with Crippen molar-refractivity contribution in [1.29, 1.82) is 0 Å². The molecule has 0 saturated heterocycles. The Morgan fingerprint density at radius 3 is 2.56 bits per heavy atom. The maximum absolute atomic E-state index is 12.0. The molecule has 2 nitrogen and oxygen atoms in total. The first-order valence-corrected chi connectivity index (χ1v) is 6.24. The van der Waals surface area contributed by atoms with Crippen molar-refractivity contribution in [2.75, 3.05) is 0 Å². The average Bonchev–Trinajstić information content (AvgIpc) is 2.62. The standard InChI is InChI=1S/C12H10BrF3O2/c13-10-6-7(18-12(14,15)16)4-5-8(10)9-2-1-3-11(9)17/h4-6,9H,1-3H2. The molecule has 0 aliphatic heterocycles. The van der Waals surface area contributed by atoms with E-state index in [2.05, 4.69) is 20.7 Å². The second-order valence-electron chi connectivity index (χ2n) is 4.14. The van der Waals surface area contributed by atoms with Gasteiger partial charge in [0.2, 0.25) is 0 Å². The van der Waals surface area contributed by atoms with E-state index in [9.17, 15) is 18.0 Å². The van der Waals surface area contributed by atoms with Gasteiger partial charge in [0.15, 0.2) is 0 Å². The van der Waals surface area contributed by atoms with Crippen LogP contribution in [-0.4, -0.2) is 12.1 Å². The highest BCUT2D eigenvalue weighted by molar-refractivity contribution is 9.10. The van der Waals surface area contributed by atoms with E-state index in [4.69, 9.17) is 0 Å². The number of hydrogen-bond acceptors (Lipinski definition) is 2. The molecule has 1 fully saturated rings. The highest BCUT2D eigenvalue weighted by Gasteiger charge is 2.32. The number of ether oxygens (including phenoxy) is 1. The lowest BCUT2D eigenvalue weighted by Crippen LogP contribution is -2.17. The van der Waals surface area contributed by atoms with Crippen LogP contribution in [0.4, 0.5) is 13.2 Å². The molecule has 0 amide bonds. The fourth-order valence-corrected chi connectivity index (χ4v) is 2.77. The van der Waals surface area contributed by atoms with Crippen molar-refractivity contribution >= 4 is 21.7 Å². The van der Waals surface area contributed by atoms with Crippen LogP contribution in [0.3, 0.4) is 0 Å². The summed E-state index contributed by atoms with van der Waals surface area (Å²) in [5.41, 5.74) is 0.729. The number of halogens is 4. The Morgan fingerprint density at radius 1 is 1.33 bits per heavy atom. The summed E-state index contributed by atoms with van der Waals surface area (Å²) in [5, 5.41) is 0. The molecule has 1 atom stereocenters. The quantitative estimate of drug-likeness (QED) is 0.816. The van der Waals surface area contributed by atoms with Crippen molar-refractivity contribution in [2.45, 2.75) is 31.5 Å². The van der Waals surface area contributed by atoms with Gasteiger partial charge in [0.05, 0.1) is 0 Å². The van der Waals surface area contributed by atoms with Crippen LogP contribution in [0.5, 0.6) is 5.75 Å². The molecular weight excluding hydrogens is 313 g/mol. The molecule has 0 heterocycles. The van der Waals surface area contributed by atoms with Crippen molar-refractivity contribution in [3.05, 3.63) is 28.2 Å². The number of benzene rings is 1. The Morgan fingerprint density at radius 2 is 2.06 bits per heavy atom. The van der Waals surface area contributed by atoms with Gasteiger partial charge in [-0.1, -0.05) is 22.0 Å². The normalized spacial score (nSPS) is 20.2. The topological polar surface area (TPSA) is 26.3 Å². The summed E-state index contributed by atoms with van der Waals surface area (Å²) in [4.78, 5) is 11.6. The Bertz CT molecular complexity index is 471. The van der Waals surface area contributed by atoms with Gasteiger partial charge in [-0.2, -0.15) is 0 Å². The van der Waals surface area contributed by atoms with E-state index in [1.54, 1.807) is 0 Å². The summed E-state index contributed by atoms with van der Waals surface area (Å²) >= 11 is 3.19. The van der Waals surface area contributed by atoms with E-state index in [0.29, 0.717) is 10.9 Å². The Kier molecular flexibility index (Phi) is 3.66. The van der Waals surface area contributed by atoms with E-state index in [1.807, 2.05) is 0 Å². The van der Waals surface area contributed by atoms with E-state index in [-0.39, 0.29) is 17.5 Å². The zero-order valence-electron chi connectivity index (χ0n) is 9.26. The first-order valence-electron chi connectivity index (χ1n) is 5.45. The number of hydrogen-bond donors (Lipinski definition) is 0.